The minimum atomic E-state index is -0.0214. The number of ether oxygens (including phenoxy) is 1. The van der Waals surface area contributed by atoms with Crippen LogP contribution in [0.5, 0.6) is 5.75 Å². The molecule has 5 nitrogen and oxygen atoms in total. The fraction of sp³-hybridized carbons (Fsp3) is 0.391. The van der Waals surface area contributed by atoms with Gasteiger partial charge < -0.3 is 15.0 Å². The van der Waals surface area contributed by atoms with Crippen molar-refractivity contribution in [3.05, 3.63) is 65.2 Å². The van der Waals surface area contributed by atoms with Gasteiger partial charge in [0, 0.05) is 31.1 Å². The van der Waals surface area contributed by atoms with E-state index in [-0.39, 0.29) is 17.7 Å². The van der Waals surface area contributed by atoms with Gasteiger partial charge in [0.15, 0.2) is 0 Å². The summed E-state index contributed by atoms with van der Waals surface area (Å²) < 4.78 is 5.23. The lowest BCUT2D eigenvalue weighted by Crippen LogP contribution is -2.43. The van der Waals surface area contributed by atoms with Crippen molar-refractivity contribution in [2.45, 2.75) is 26.2 Å². The Morgan fingerprint density at radius 2 is 1.86 bits per heavy atom. The predicted molar refractivity (Wildman–Crippen MR) is 110 cm³/mol. The van der Waals surface area contributed by atoms with Crippen molar-refractivity contribution in [3.8, 4) is 5.75 Å². The average molecular weight is 380 g/mol. The highest BCUT2D eigenvalue weighted by atomic mass is 16.5. The summed E-state index contributed by atoms with van der Waals surface area (Å²) >= 11 is 0. The smallest absolute Gasteiger partial charge is 0.253 e. The van der Waals surface area contributed by atoms with Crippen LogP contribution >= 0.6 is 0 Å². The van der Waals surface area contributed by atoms with Gasteiger partial charge in [0.05, 0.1) is 7.11 Å². The second-order valence-corrected chi connectivity index (χ2v) is 7.33. The topological polar surface area (TPSA) is 58.6 Å². The summed E-state index contributed by atoms with van der Waals surface area (Å²) in [5, 5.41) is 3.04. The van der Waals surface area contributed by atoms with Gasteiger partial charge in [0.2, 0.25) is 5.91 Å². The second kappa shape index (κ2) is 9.40. The van der Waals surface area contributed by atoms with E-state index < -0.39 is 0 Å². The van der Waals surface area contributed by atoms with E-state index in [1.807, 2.05) is 60.4 Å². The molecular formula is C23H28N2O3. The molecule has 0 saturated carbocycles. The van der Waals surface area contributed by atoms with E-state index in [0.29, 0.717) is 32.5 Å². The van der Waals surface area contributed by atoms with Crippen molar-refractivity contribution in [1.29, 1.82) is 0 Å². The first-order valence-corrected chi connectivity index (χ1v) is 9.83. The quantitative estimate of drug-likeness (QED) is 0.837. The minimum absolute atomic E-state index is 0.0214. The number of piperidine rings is 1. The third-order valence-electron chi connectivity index (χ3n) is 5.27. The molecule has 0 aliphatic carbocycles. The lowest BCUT2D eigenvalue weighted by molar-refractivity contribution is -0.126. The largest absolute Gasteiger partial charge is 0.497 e. The van der Waals surface area contributed by atoms with Crippen LogP contribution in [0.15, 0.2) is 48.5 Å². The van der Waals surface area contributed by atoms with Crippen LogP contribution in [-0.2, 0) is 11.2 Å². The van der Waals surface area contributed by atoms with Gasteiger partial charge in [-0.1, -0.05) is 29.8 Å². The number of benzene rings is 2. The van der Waals surface area contributed by atoms with Crippen LogP contribution in [-0.4, -0.2) is 43.5 Å². The highest BCUT2D eigenvalue weighted by Gasteiger charge is 2.27. The summed E-state index contributed by atoms with van der Waals surface area (Å²) in [4.78, 5) is 26.9. The zero-order valence-corrected chi connectivity index (χ0v) is 16.6. The zero-order chi connectivity index (χ0) is 19.9. The third kappa shape index (κ3) is 5.12. The summed E-state index contributed by atoms with van der Waals surface area (Å²) in [5.41, 5.74) is 2.94. The normalized spacial score (nSPS) is 14.6. The molecule has 3 rings (SSSR count). The van der Waals surface area contributed by atoms with Crippen LogP contribution in [0.1, 0.15) is 34.3 Å². The fourth-order valence-corrected chi connectivity index (χ4v) is 3.61. The highest BCUT2D eigenvalue weighted by molar-refractivity contribution is 5.94. The minimum Gasteiger partial charge on any atom is -0.497 e. The number of hydrogen-bond donors (Lipinski definition) is 1. The van der Waals surface area contributed by atoms with Gasteiger partial charge in [-0.2, -0.15) is 0 Å². The molecule has 0 aromatic heterocycles. The summed E-state index contributed by atoms with van der Waals surface area (Å²) in [6, 6.07) is 15.5. The summed E-state index contributed by atoms with van der Waals surface area (Å²) in [5.74, 6) is 0.951. The lowest BCUT2D eigenvalue weighted by Gasteiger charge is -2.31. The van der Waals surface area contributed by atoms with E-state index in [4.69, 9.17) is 4.74 Å². The molecular weight excluding hydrogens is 352 g/mol. The molecule has 0 spiro atoms. The maximum atomic E-state index is 12.6. The van der Waals surface area contributed by atoms with Gasteiger partial charge in [-0.25, -0.2) is 0 Å². The van der Waals surface area contributed by atoms with Gasteiger partial charge in [-0.3, -0.25) is 9.59 Å². The van der Waals surface area contributed by atoms with Crippen LogP contribution in [0.3, 0.4) is 0 Å². The average Bonchev–Trinajstić information content (AvgIpc) is 2.73. The number of hydrogen-bond acceptors (Lipinski definition) is 3. The molecule has 28 heavy (non-hydrogen) atoms. The van der Waals surface area contributed by atoms with E-state index in [0.717, 1.165) is 28.9 Å². The van der Waals surface area contributed by atoms with Crippen molar-refractivity contribution >= 4 is 11.8 Å². The van der Waals surface area contributed by atoms with Gasteiger partial charge in [0.1, 0.15) is 5.75 Å². The molecule has 1 aliphatic rings. The maximum Gasteiger partial charge on any atom is 0.253 e. The molecule has 0 radical (unpaired) electrons. The number of amides is 2. The number of carbonyl (C=O) groups is 2. The van der Waals surface area contributed by atoms with E-state index in [1.165, 1.54) is 0 Å². The van der Waals surface area contributed by atoms with E-state index in [9.17, 15) is 9.59 Å². The Morgan fingerprint density at radius 1 is 1.11 bits per heavy atom. The summed E-state index contributed by atoms with van der Waals surface area (Å²) in [6.45, 7) is 3.84. The molecule has 0 atom stereocenters. The van der Waals surface area contributed by atoms with Crippen molar-refractivity contribution in [1.82, 2.24) is 10.2 Å². The first kappa shape index (κ1) is 19.9. The predicted octanol–water partition coefficient (Wildman–Crippen LogP) is 3.21. The Labute approximate surface area is 166 Å². The van der Waals surface area contributed by atoms with Gasteiger partial charge >= 0.3 is 0 Å². The van der Waals surface area contributed by atoms with E-state index in [1.54, 1.807) is 7.11 Å². The number of rotatable bonds is 6. The number of likely N-dealkylation sites (tertiary alicyclic amines) is 1. The maximum absolute atomic E-state index is 12.6. The van der Waals surface area contributed by atoms with Gasteiger partial charge in [-0.05, 0) is 56.0 Å². The molecule has 1 saturated heterocycles. The first-order chi connectivity index (χ1) is 13.6. The van der Waals surface area contributed by atoms with Crippen LogP contribution in [0.25, 0.3) is 0 Å². The number of aryl methyl sites for hydroxylation is 1. The first-order valence-electron chi connectivity index (χ1n) is 9.83. The molecule has 1 fully saturated rings. The Balaban J connectivity index is 1.44. The molecule has 148 valence electrons. The number of carbonyl (C=O) groups excluding carboxylic acids is 2. The molecule has 5 heteroatoms. The van der Waals surface area contributed by atoms with Crippen molar-refractivity contribution in [3.63, 3.8) is 0 Å². The third-order valence-corrected chi connectivity index (χ3v) is 5.27. The second-order valence-electron chi connectivity index (χ2n) is 7.33. The number of nitrogens with one attached hydrogen (secondary N) is 1. The monoisotopic (exact) mass is 380 g/mol. The van der Waals surface area contributed by atoms with E-state index in [2.05, 4.69) is 5.32 Å². The molecule has 2 amide bonds. The van der Waals surface area contributed by atoms with Crippen molar-refractivity contribution < 1.29 is 14.3 Å². The summed E-state index contributed by atoms with van der Waals surface area (Å²) in [6.07, 6.45) is 2.19. The van der Waals surface area contributed by atoms with Gasteiger partial charge in [-0.15, -0.1) is 0 Å². The number of nitrogens with zero attached hydrogens (tertiary/aromatic N) is 1. The SMILES string of the molecule is COc1cccc(CCNC(=O)C2CCN(C(=O)c3cccc(C)c3)CC2)c1. The lowest BCUT2D eigenvalue weighted by atomic mass is 9.95. The molecule has 0 unspecified atom stereocenters. The van der Waals surface area contributed by atoms with Crippen LogP contribution in [0, 0.1) is 12.8 Å². The Kier molecular flexibility index (Phi) is 6.69. The van der Waals surface area contributed by atoms with Crippen LogP contribution < -0.4 is 10.1 Å². The Morgan fingerprint density at radius 3 is 2.57 bits per heavy atom. The standard InChI is InChI=1S/C23H28N2O3/c1-17-5-3-7-20(15-17)23(27)25-13-10-19(11-14-25)22(26)24-12-9-18-6-4-8-21(16-18)28-2/h3-8,15-16,19H,9-14H2,1-2H3,(H,24,26). The Bertz CT molecular complexity index is 826. The molecule has 1 aliphatic heterocycles. The number of methoxy groups -OCH3 is 1. The molecule has 0 bridgehead atoms. The molecule has 1 heterocycles. The molecule has 2 aromatic carbocycles. The fourth-order valence-electron chi connectivity index (χ4n) is 3.61. The van der Waals surface area contributed by atoms with Crippen LogP contribution in [0.2, 0.25) is 0 Å². The van der Waals surface area contributed by atoms with Crippen LogP contribution in [0.4, 0.5) is 0 Å². The van der Waals surface area contributed by atoms with Crippen molar-refractivity contribution in [2.24, 2.45) is 5.92 Å². The molecule has 1 N–H and O–H groups in total. The van der Waals surface area contributed by atoms with E-state index >= 15 is 0 Å². The molecule has 2 aromatic rings. The van der Waals surface area contributed by atoms with Crippen molar-refractivity contribution in [2.75, 3.05) is 26.7 Å². The summed E-state index contributed by atoms with van der Waals surface area (Å²) in [7, 11) is 1.65. The van der Waals surface area contributed by atoms with Gasteiger partial charge in [0.25, 0.3) is 5.91 Å². The zero-order valence-electron chi connectivity index (χ0n) is 16.6. The Hall–Kier alpha value is -2.82. The highest BCUT2D eigenvalue weighted by Crippen LogP contribution is 2.20.